The maximum Gasteiger partial charge on any atom is 0.123 e. The van der Waals surface area contributed by atoms with Gasteiger partial charge in [-0.2, -0.15) is 0 Å². The van der Waals surface area contributed by atoms with Crippen molar-refractivity contribution in [1.29, 1.82) is 0 Å². The highest BCUT2D eigenvalue weighted by atomic mass is 19.1. The van der Waals surface area contributed by atoms with Crippen molar-refractivity contribution in [3.8, 4) is 0 Å². The van der Waals surface area contributed by atoms with Crippen LogP contribution in [0.25, 0.3) is 0 Å². The van der Waals surface area contributed by atoms with Crippen molar-refractivity contribution in [3.05, 3.63) is 35.6 Å². The summed E-state index contributed by atoms with van der Waals surface area (Å²) in [6.07, 6.45) is 0.844. The minimum atomic E-state index is -0.189. The Hall–Kier alpha value is -0.890. The van der Waals surface area contributed by atoms with E-state index in [0.717, 1.165) is 12.0 Å². The zero-order valence-electron chi connectivity index (χ0n) is 8.51. The first-order valence-corrected chi connectivity index (χ1v) is 4.56. The molecule has 0 aliphatic heterocycles. The SMILES string of the molecule is CC.COCCc1ccc(F)cc1. The van der Waals surface area contributed by atoms with Gasteiger partial charge >= 0.3 is 0 Å². The number of methoxy groups -OCH3 is 1. The molecule has 74 valence electrons. The van der Waals surface area contributed by atoms with Crippen LogP contribution in [0.1, 0.15) is 19.4 Å². The van der Waals surface area contributed by atoms with E-state index in [1.165, 1.54) is 12.1 Å². The van der Waals surface area contributed by atoms with Crippen LogP contribution >= 0.6 is 0 Å². The largest absolute Gasteiger partial charge is 0.384 e. The summed E-state index contributed by atoms with van der Waals surface area (Å²) in [5.74, 6) is -0.189. The van der Waals surface area contributed by atoms with Crippen LogP contribution in [0.2, 0.25) is 0 Å². The van der Waals surface area contributed by atoms with Crippen LogP contribution in [-0.4, -0.2) is 13.7 Å². The van der Waals surface area contributed by atoms with E-state index in [1.807, 2.05) is 13.8 Å². The zero-order chi connectivity index (χ0) is 10.1. The molecule has 0 aromatic heterocycles. The van der Waals surface area contributed by atoms with E-state index in [9.17, 15) is 4.39 Å². The third-order valence-electron chi connectivity index (χ3n) is 1.51. The maximum atomic E-state index is 12.4. The topological polar surface area (TPSA) is 9.23 Å². The van der Waals surface area contributed by atoms with Gasteiger partial charge in [0, 0.05) is 7.11 Å². The van der Waals surface area contributed by atoms with Crippen molar-refractivity contribution in [2.24, 2.45) is 0 Å². The van der Waals surface area contributed by atoms with Gasteiger partial charge in [-0.25, -0.2) is 4.39 Å². The molecule has 0 amide bonds. The zero-order valence-corrected chi connectivity index (χ0v) is 8.51. The van der Waals surface area contributed by atoms with Crippen molar-refractivity contribution >= 4 is 0 Å². The van der Waals surface area contributed by atoms with E-state index < -0.39 is 0 Å². The van der Waals surface area contributed by atoms with Gasteiger partial charge in [0.25, 0.3) is 0 Å². The second-order valence-corrected chi connectivity index (χ2v) is 2.37. The predicted molar refractivity (Wildman–Crippen MR) is 53.3 cm³/mol. The minimum absolute atomic E-state index is 0.189. The molecule has 2 heteroatoms. The van der Waals surface area contributed by atoms with Gasteiger partial charge in [-0.1, -0.05) is 26.0 Å². The third-order valence-corrected chi connectivity index (χ3v) is 1.51. The fourth-order valence-electron chi connectivity index (χ4n) is 0.871. The summed E-state index contributed by atoms with van der Waals surface area (Å²) in [4.78, 5) is 0. The first-order chi connectivity index (χ1) is 6.33. The van der Waals surface area contributed by atoms with Gasteiger partial charge in [0.1, 0.15) is 5.82 Å². The molecule has 0 fully saturated rings. The lowest BCUT2D eigenvalue weighted by Gasteiger charge is -1.98. The van der Waals surface area contributed by atoms with Gasteiger partial charge in [0.05, 0.1) is 6.61 Å². The normalized spacial score (nSPS) is 8.92. The number of hydrogen-bond donors (Lipinski definition) is 0. The Morgan fingerprint density at radius 3 is 2.15 bits per heavy atom. The molecule has 0 saturated carbocycles. The molecule has 0 aliphatic carbocycles. The molecule has 0 bridgehead atoms. The van der Waals surface area contributed by atoms with Crippen LogP contribution in [0.3, 0.4) is 0 Å². The van der Waals surface area contributed by atoms with Crippen LogP contribution in [0.5, 0.6) is 0 Å². The van der Waals surface area contributed by atoms with Gasteiger partial charge in [-0.15, -0.1) is 0 Å². The summed E-state index contributed by atoms with van der Waals surface area (Å²) < 4.78 is 17.3. The Bertz CT molecular complexity index is 206. The Kier molecular flexibility index (Phi) is 7.21. The lowest BCUT2D eigenvalue weighted by molar-refractivity contribution is 0.202. The minimum Gasteiger partial charge on any atom is -0.384 e. The van der Waals surface area contributed by atoms with Crippen LogP contribution in [0.15, 0.2) is 24.3 Å². The van der Waals surface area contributed by atoms with Gasteiger partial charge in [0.2, 0.25) is 0 Å². The highest BCUT2D eigenvalue weighted by molar-refractivity contribution is 5.15. The summed E-state index contributed by atoms with van der Waals surface area (Å²) in [6, 6.07) is 6.47. The molecule has 0 heterocycles. The van der Waals surface area contributed by atoms with Crippen molar-refractivity contribution < 1.29 is 9.13 Å². The van der Waals surface area contributed by atoms with Crippen LogP contribution in [0, 0.1) is 5.82 Å². The van der Waals surface area contributed by atoms with Gasteiger partial charge < -0.3 is 4.74 Å². The highest BCUT2D eigenvalue weighted by Gasteiger charge is 1.92. The second-order valence-electron chi connectivity index (χ2n) is 2.37. The van der Waals surface area contributed by atoms with Gasteiger partial charge in [-0.3, -0.25) is 0 Å². The van der Waals surface area contributed by atoms with E-state index in [-0.39, 0.29) is 5.82 Å². The number of benzene rings is 1. The van der Waals surface area contributed by atoms with Crippen LogP contribution < -0.4 is 0 Å². The van der Waals surface area contributed by atoms with Crippen molar-refractivity contribution in [3.63, 3.8) is 0 Å². The van der Waals surface area contributed by atoms with Crippen LogP contribution in [-0.2, 0) is 11.2 Å². The maximum absolute atomic E-state index is 12.4. The summed E-state index contributed by atoms with van der Waals surface area (Å²) >= 11 is 0. The van der Waals surface area contributed by atoms with E-state index in [0.29, 0.717) is 6.61 Å². The number of halogens is 1. The number of rotatable bonds is 3. The third kappa shape index (κ3) is 5.36. The smallest absolute Gasteiger partial charge is 0.123 e. The molecule has 0 aliphatic rings. The lowest BCUT2D eigenvalue weighted by Crippen LogP contribution is -1.93. The van der Waals surface area contributed by atoms with Crippen molar-refractivity contribution in [2.45, 2.75) is 20.3 Å². The Labute approximate surface area is 79.5 Å². The van der Waals surface area contributed by atoms with Gasteiger partial charge in [0.15, 0.2) is 0 Å². The fraction of sp³-hybridized carbons (Fsp3) is 0.455. The average molecular weight is 184 g/mol. The molecule has 0 saturated heterocycles. The van der Waals surface area contributed by atoms with Crippen molar-refractivity contribution in [2.75, 3.05) is 13.7 Å². The predicted octanol–water partition coefficient (Wildman–Crippen LogP) is 3.04. The summed E-state index contributed by atoms with van der Waals surface area (Å²) in [7, 11) is 1.66. The Morgan fingerprint density at radius 1 is 1.15 bits per heavy atom. The van der Waals surface area contributed by atoms with E-state index in [2.05, 4.69) is 0 Å². The molecule has 13 heavy (non-hydrogen) atoms. The molecule has 1 aromatic carbocycles. The summed E-state index contributed by atoms with van der Waals surface area (Å²) in [6.45, 7) is 4.69. The summed E-state index contributed by atoms with van der Waals surface area (Å²) in [5, 5.41) is 0. The Balaban J connectivity index is 0.000000671. The fourth-order valence-corrected chi connectivity index (χ4v) is 0.871. The number of ether oxygens (including phenoxy) is 1. The molecule has 1 rings (SSSR count). The standard InChI is InChI=1S/C9H11FO.C2H6/c1-11-7-6-8-2-4-9(10)5-3-8;1-2/h2-5H,6-7H2,1H3;1-2H3. The van der Waals surface area contributed by atoms with E-state index in [1.54, 1.807) is 19.2 Å². The lowest BCUT2D eigenvalue weighted by atomic mass is 10.2. The second kappa shape index (κ2) is 7.74. The molecular weight excluding hydrogens is 167 g/mol. The molecular formula is C11H17FO. The molecule has 1 aromatic rings. The van der Waals surface area contributed by atoms with Crippen molar-refractivity contribution in [1.82, 2.24) is 0 Å². The molecule has 0 N–H and O–H groups in total. The highest BCUT2D eigenvalue weighted by Crippen LogP contribution is 2.02. The first-order valence-electron chi connectivity index (χ1n) is 4.56. The number of hydrogen-bond acceptors (Lipinski definition) is 1. The Morgan fingerprint density at radius 2 is 1.69 bits per heavy atom. The van der Waals surface area contributed by atoms with E-state index in [4.69, 9.17) is 4.74 Å². The van der Waals surface area contributed by atoms with E-state index >= 15 is 0 Å². The molecule has 0 radical (unpaired) electrons. The molecule has 0 atom stereocenters. The average Bonchev–Trinajstić information content (AvgIpc) is 2.20. The monoisotopic (exact) mass is 184 g/mol. The van der Waals surface area contributed by atoms with Gasteiger partial charge in [-0.05, 0) is 24.1 Å². The summed E-state index contributed by atoms with van der Waals surface area (Å²) in [5.41, 5.74) is 1.10. The van der Waals surface area contributed by atoms with Crippen LogP contribution in [0.4, 0.5) is 4.39 Å². The quantitative estimate of drug-likeness (QED) is 0.701. The first kappa shape index (κ1) is 12.1. The molecule has 1 nitrogen and oxygen atoms in total. The molecule has 0 unspecified atom stereocenters. The molecule has 0 spiro atoms.